The molecule has 0 aliphatic heterocycles. The molecule has 0 amide bonds. The summed E-state index contributed by atoms with van der Waals surface area (Å²) in [5, 5.41) is 2.65. The van der Waals surface area contributed by atoms with E-state index in [4.69, 9.17) is 7.73 Å². The maximum absolute atomic E-state index is 8.76. The zero-order chi connectivity index (χ0) is 38.4. The second-order valence-corrected chi connectivity index (χ2v) is 27.9. The molecule has 0 N–H and O–H groups in total. The molecule has 5 heteroatoms. The molecule has 0 atom stereocenters. The minimum absolute atomic E-state index is 0. The number of aryl methyl sites for hydroxylation is 3. The average molecular weight is 954 g/mol. The molecule has 2 nitrogen and oxygen atoms in total. The van der Waals surface area contributed by atoms with Crippen molar-refractivity contribution in [3.8, 4) is 33.6 Å². The van der Waals surface area contributed by atoms with E-state index in [1.165, 1.54) is 72.8 Å². The van der Waals surface area contributed by atoms with E-state index in [-0.39, 0.29) is 20.1 Å². The maximum Gasteiger partial charge on any atom is 0 e. The minimum atomic E-state index is -2.24. The smallest absolute Gasteiger partial charge is 0 e. The number of pyridine rings is 2. The van der Waals surface area contributed by atoms with Gasteiger partial charge in [-0.2, -0.15) is 11.3 Å². The summed E-state index contributed by atoms with van der Waals surface area (Å²) in [5.74, 6) is 6.86. The third-order valence-electron chi connectivity index (χ3n) is 9.91. The van der Waals surface area contributed by atoms with Crippen LogP contribution < -0.4 is 4.40 Å². The van der Waals surface area contributed by atoms with Gasteiger partial charge in [-0.15, -0.1) is 23.8 Å². The Balaban J connectivity index is 0.000000193. The summed E-state index contributed by atoms with van der Waals surface area (Å²) in [6.07, 6.45) is 7.33. The number of nitrogens with zero attached hydrogens (tertiary/aromatic N) is 2. The van der Waals surface area contributed by atoms with Crippen LogP contribution in [0.5, 0.6) is 0 Å². The number of rotatable bonds is 5. The van der Waals surface area contributed by atoms with Gasteiger partial charge in [-0.1, -0.05) is 46.8 Å². The molecular weight excluding hydrogens is 901 g/mol. The van der Waals surface area contributed by atoms with Crippen LogP contribution in [0.1, 0.15) is 64.2 Å². The van der Waals surface area contributed by atoms with Crippen LogP contribution in [-0.2, 0) is 39.3 Å². The van der Waals surface area contributed by atoms with E-state index in [1.807, 2.05) is 74.8 Å². The predicted molar refractivity (Wildman–Crippen MR) is 228 cm³/mol. The van der Waals surface area contributed by atoms with Crippen LogP contribution in [0.3, 0.4) is 0 Å². The van der Waals surface area contributed by atoms with Gasteiger partial charge in [0.2, 0.25) is 0 Å². The zero-order valence-electron chi connectivity index (χ0n) is 34.2. The second kappa shape index (κ2) is 16.1. The third kappa shape index (κ3) is 8.78. The largest absolute Gasteiger partial charge is 0 e. The molecule has 0 saturated heterocycles. The molecule has 3 heterocycles. The molecule has 0 fully saturated rings. The molecular formula is C48H50GeIrN2S-2. The number of thiophene rings is 1. The number of hydrogen-bond donors (Lipinski definition) is 0. The van der Waals surface area contributed by atoms with Crippen LogP contribution in [0.4, 0.5) is 0 Å². The van der Waals surface area contributed by atoms with E-state index >= 15 is 0 Å². The predicted octanol–water partition coefficient (Wildman–Crippen LogP) is 12.8. The van der Waals surface area contributed by atoms with E-state index in [0.717, 1.165) is 38.9 Å². The second-order valence-electron chi connectivity index (χ2n) is 16.2. The van der Waals surface area contributed by atoms with E-state index in [9.17, 15) is 0 Å². The summed E-state index contributed by atoms with van der Waals surface area (Å²) in [6.45, 7) is 10.3. The molecule has 0 spiro atoms. The van der Waals surface area contributed by atoms with Crippen LogP contribution in [0.25, 0.3) is 53.8 Å². The van der Waals surface area contributed by atoms with Crippen LogP contribution >= 0.6 is 11.3 Å². The number of fused-ring (bicyclic) bond motifs is 4. The molecule has 0 bridgehead atoms. The van der Waals surface area contributed by atoms with E-state index < -0.39 is 25.1 Å². The number of hydrogen-bond acceptors (Lipinski definition) is 3. The molecule has 273 valence electrons. The van der Waals surface area contributed by atoms with Crippen molar-refractivity contribution in [1.29, 1.82) is 0 Å². The van der Waals surface area contributed by atoms with Crippen LogP contribution in [0, 0.1) is 31.4 Å². The van der Waals surface area contributed by atoms with Crippen molar-refractivity contribution in [2.24, 2.45) is 5.41 Å². The van der Waals surface area contributed by atoms with Gasteiger partial charge in [-0.3, -0.25) is 0 Å². The summed E-state index contributed by atoms with van der Waals surface area (Å²) in [4.78, 5) is 9.40. The van der Waals surface area contributed by atoms with E-state index in [1.54, 1.807) is 0 Å². The maximum atomic E-state index is 8.76. The Bertz CT molecular complexity index is 2460. The third-order valence-corrected chi connectivity index (χ3v) is 15.3. The van der Waals surface area contributed by atoms with Crippen molar-refractivity contribution < 1.29 is 22.8 Å². The van der Waals surface area contributed by atoms with Gasteiger partial charge in [0.25, 0.3) is 0 Å². The van der Waals surface area contributed by atoms with Crippen molar-refractivity contribution in [3.05, 3.63) is 137 Å². The standard InChI is InChI=1S/C29H24NS.C19H26GeN.Ir/c1-18-6-5-7-19(2)28(18)21-10-12-24-25-16-22(11-13-26(25)31-27(24)17-21)29-23-9-4-3-8-20(23)14-15-30-29;1-19(2,3)13-16-12-18(15-10-8-7-9-11-15)21-14-17(16)20(4,5)6;/h5-7,10,12-17H,3-4,8-9H2,1-2H3;7-10,12,14H,13H2,1-6H3;/q2*-1;/i;13D2;. The summed E-state index contributed by atoms with van der Waals surface area (Å²) in [5.41, 5.74) is 12.5. The van der Waals surface area contributed by atoms with E-state index in [0.29, 0.717) is 0 Å². The van der Waals surface area contributed by atoms with Crippen molar-refractivity contribution in [1.82, 2.24) is 9.97 Å². The quantitative estimate of drug-likeness (QED) is 0.127. The van der Waals surface area contributed by atoms with E-state index in [2.05, 4.69) is 103 Å². The van der Waals surface area contributed by atoms with Gasteiger partial charge in [0, 0.05) is 31.0 Å². The normalized spacial score (nSPS) is 13.7. The Morgan fingerprint density at radius 3 is 2.30 bits per heavy atom. The molecule has 4 aromatic carbocycles. The molecule has 3 aromatic heterocycles. The fraction of sp³-hybridized carbons (Fsp3) is 0.292. The van der Waals surface area contributed by atoms with Crippen molar-refractivity contribution in [2.45, 2.75) is 83.9 Å². The van der Waals surface area contributed by atoms with Crippen molar-refractivity contribution >= 4 is 49.2 Å². The molecule has 53 heavy (non-hydrogen) atoms. The Kier molecular flexibility index (Phi) is 11.1. The number of benzene rings is 4. The van der Waals surface area contributed by atoms with Crippen LogP contribution in [0.2, 0.25) is 17.3 Å². The first-order chi connectivity index (χ1) is 25.6. The van der Waals surface area contributed by atoms with Crippen LogP contribution in [0.15, 0.2) is 97.3 Å². The first-order valence-corrected chi connectivity index (χ1v) is 26.7. The molecule has 7 aromatic rings. The fourth-order valence-corrected chi connectivity index (χ4v) is 11.5. The summed E-state index contributed by atoms with van der Waals surface area (Å²) >= 11 is -0.377. The van der Waals surface area contributed by atoms with Gasteiger partial charge >= 0.3 is 135 Å². The Labute approximate surface area is 340 Å². The summed E-state index contributed by atoms with van der Waals surface area (Å²) in [6, 6.07) is 36.6. The molecule has 1 aliphatic carbocycles. The summed E-state index contributed by atoms with van der Waals surface area (Å²) < 4.78 is 21.3. The molecule has 1 radical (unpaired) electrons. The SMILES string of the molecule is Cc1cccc(C)c1-c1ccc2c(c1)sc1c[c-]c(-c3nccc4c3CCCC4)cc12.[2H]C([2H])(c1cc(-c2[c-]cccc2)nc[c]1[Ge]([CH3])([CH3])[CH3])C(C)(C)C.[Ir]. The topological polar surface area (TPSA) is 25.8 Å². The molecule has 0 saturated carbocycles. The first kappa shape index (κ1) is 36.6. The van der Waals surface area contributed by atoms with Gasteiger partial charge in [-0.25, -0.2) is 0 Å². The Hall–Kier alpha value is -3.41. The van der Waals surface area contributed by atoms with Gasteiger partial charge in [0.05, 0.1) is 0 Å². The monoisotopic (exact) mass is 955 g/mol. The van der Waals surface area contributed by atoms with Crippen LogP contribution in [-0.4, -0.2) is 23.2 Å². The molecule has 1 aliphatic rings. The summed E-state index contributed by atoms with van der Waals surface area (Å²) in [7, 11) is 0. The minimum Gasteiger partial charge on any atom is 0 e. The first-order valence-electron chi connectivity index (χ1n) is 19.5. The van der Waals surface area contributed by atoms with Crippen molar-refractivity contribution in [3.63, 3.8) is 0 Å². The van der Waals surface area contributed by atoms with Gasteiger partial charge in [0.15, 0.2) is 0 Å². The molecule has 8 rings (SSSR count). The average Bonchev–Trinajstić information content (AvgIpc) is 3.51. The Morgan fingerprint density at radius 2 is 1.58 bits per heavy atom. The Morgan fingerprint density at radius 1 is 0.811 bits per heavy atom. The number of aromatic nitrogens is 2. The van der Waals surface area contributed by atoms with Gasteiger partial charge < -0.3 is 4.98 Å². The fourth-order valence-electron chi connectivity index (χ4n) is 7.44. The van der Waals surface area contributed by atoms with Gasteiger partial charge in [-0.05, 0) is 89.7 Å². The zero-order valence-corrected chi connectivity index (χ0v) is 37.5. The molecule has 0 unspecified atom stereocenters. The van der Waals surface area contributed by atoms with Gasteiger partial charge in [0.1, 0.15) is 0 Å². The van der Waals surface area contributed by atoms with Crippen molar-refractivity contribution in [2.75, 3.05) is 0 Å².